The van der Waals surface area contributed by atoms with E-state index in [1.165, 1.54) is 16.4 Å². The van der Waals surface area contributed by atoms with Gasteiger partial charge in [0, 0.05) is 5.02 Å². The van der Waals surface area contributed by atoms with E-state index >= 15 is 0 Å². The highest BCUT2D eigenvalue weighted by Gasteiger charge is 2.25. The van der Waals surface area contributed by atoms with Crippen LogP contribution in [0.4, 0.5) is 0 Å². The largest absolute Gasteiger partial charge is 0.492 e. The zero-order valence-electron chi connectivity index (χ0n) is 14.8. The van der Waals surface area contributed by atoms with Gasteiger partial charge in [-0.3, -0.25) is 0 Å². The van der Waals surface area contributed by atoms with E-state index < -0.39 is 10.0 Å². The van der Waals surface area contributed by atoms with E-state index in [2.05, 4.69) is 11.9 Å². The molecular weight excluding hydrogens is 372 g/mol. The number of rotatable bonds is 7. The van der Waals surface area contributed by atoms with Crippen molar-refractivity contribution in [1.82, 2.24) is 8.96 Å². The molecule has 0 aliphatic carbocycles. The van der Waals surface area contributed by atoms with Crippen molar-refractivity contribution in [3.05, 3.63) is 53.3 Å². The molecule has 3 rings (SSSR count). The molecule has 1 aromatic heterocycles. The lowest BCUT2D eigenvalue weighted by Crippen LogP contribution is -2.14. The number of unbranched alkanes of at least 4 members (excludes halogenated alkanes) is 2. The Morgan fingerprint density at radius 3 is 2.73 bits per heavy atom. The monoisotopic (exact) mass is 392 g/mol. The number of aromatic nitrogens is 2. The van der Waals surface area contributed by atoms with Gasteiger partial charge in [-0.15, -0.1) is 0 Å². The molecule has 7 heteroatoms. The normalized spacial score (nSPS) is 11.8. The summed E-state index contributed by atoms with van der Waals surface area (Å²) in [5.41, 5.74) is 1.90. The van der Waals surface area contributed by atoms with Crippen LogP contribution in [0, 0.1) is 6.92 Å². The molecule has 26 heavy (non-hydrogen) atoms. The maximum absolute atomic E-state index is 13.3. The first kappa shape index (κ1) is 18.7. The Bertz CT molecular complexity index is 1030. The Morgan fingerprint density at radius 1 is 1.19 bits per heavy atom. The van der Waals surface area contributed by atoms with Gasteiger partial charge in [0.15, 0.2) is 0 Å². The molecular formula is C19H21ClN2O3S. The number of halogens is 1. The number of ether oxygens (including phenoxy) is 1. The van der Waals surface area contributed by atoms with Gasteiger partial charge in [0.05, 0.1) is 17.6 Å². The fraction of sp³-hybridized carbons (Fsp3) is 0.316. The standard InChI is InChI=1S/C19H21ClN2O3S/c1-3-4-7-10-25-18-11-14(2)15(20)12-19(18)26(23,24)22-13-21-16-8-5-6-9-17(16)22/h5-6,8-9,11-13H,3-4,7,10H2,1-2H3. The molecule has 0 aliphatic rings. The number of benzene rings is 2. The van der Waals surface area contributed by atoms with Gasteiger partial charge in [-0.1, -0.05) is 43.5 Å². The predicted molar refractivity (Wildman–Crippen MR) is 104 cm³/mol. The number of hydrogen-bond donors (Lipinski definition) is 0. The molecule has 138 valence electrons. The first-order valence-corrected chi connectivity index (χ1v) is 10.4. The molecule has 0 N–H and O–H groups in total. The van der Waals surface area contributed by atoms with Gasteiger partial charge < -0.3 is 4.74 Å². The fourth-order valence-electron chi connectivity index (χ4n) is 2.72. The summed E-state index contributed by atoms with van der Waals surface area (Å²) in [7, 11) is -3.89. The van der Waals surface area contributed by atoms with Gasteiger partial charge >= 0.3 is 0 Å². The van der Waals surface area contributed by atoms with Crippen LogP contribution in [0.5, 0.6) is 5.75 Å². The molecule has 0 radical (unpaired) electrons. The second-order valence-electron chi connectivity index (χ2n) is 6.14. The average Bonchev–Trinajstić information content (AvgIpc) is 3.06. The Hall–Kier alpha value is -2.05. The smallest absolute Gasteiger partial charge is 0.273 e. The molecule has 0 atom stereocenters. The molecule has 0 unspecified atom stereocenters. The van der Waals surface area contributed by atoms with E-state index in [0.717, 1.165) is 24.8 Å². The van der Waals surface area contributed by atoms with Crippen molar-refractivity contribution < 1.29 is 13.2 Å². The number of hydrogen-bond acceptors (Lipinski definition) is 4. The zero-order valence-corrected chi connectivity index (χ0v) is 16.3. The van der Waals surface area contributed by atoms with Crippen LogP contribution in [-0.4, -0.2) is 24.0 Å². The summed E-state index contributed by atoms with van der Waals surface area (Å²) in [6, 6.07) is 10.2. The Morgan fingerprint density at radius 2 is 1.96 bits per heavy atom. The van der Waals surface area contributed by atoms with Crippen LogP contribution in [0.1, 0.15) is 31.7 Å². The second-order valence-corrected chi connectivity index (χ2v) is 8.33. The minimum absolute atomic E-state index is 0.0488. The highest BCUT2D eigenvalue weighted by molar-refractivity contribution is 7.90. The van der Waals surface area contributed by atoms with Crippen molar-refractivity contribution in [1.29, 1.82) is 0 Å². The quantitative estimate of drug-likeness (QED) is 0.541. The molecule has 1 heterocycles. The summed E-state index contributed by atoms with van der Waals surface area (Å²) in [6.45, 7) is 4.39. The van der Waals surface area contributed by atoms with Crippen LogP contribution in [0.3, 0.4) is 0 Å². The van der Waals surface area contributed by atoms with Gasteiger partial charge in [0.25, 0.3) is 10.0 Å². The number of imidazole rings is 1. The van der Waals surface area contributed by atoms with Crippen molar-refractivity contribution in [3.63, 3.8) is 0 Å². The third-order valence-electron chi connectivity index (χ3n) is 4.19. The van der Waals surface area contributed by atoms with Crippen molar-refractivity contribution >= 4 is 32.7 Å². The summed E-state index contributed by atoms with van der Waals surface area (Å²) in [4.78, 5) is 4.23. The molecule has 3 aromatic rings. The van der Waals surface area contributed by atoms with Crippen LogP contribution in [-0.2, 0) is 10.0 Å². The van der Waals surface area contributed by atoms with E-state index in [4.69, 9.17) is 16.3 Å². The zero-order chi connectivity index (χ0) is 18.7. The Kier molecular flexibility index (Phi) is 5.53. The maximum Gasteiger partial charge on any atom is 0.273 e. The van der Waals surface area contributed by atoms with Crippen LogP contribution in [0.15, 0.2) is 47.6 Å². The van der Waals surface area contributed by atoms with Crippen LogP contribution < -0.4 is 4.74 Å². The molecule has 0 amide bonds. The van der Waals surface area contributed by atoms with Gasteiger partial charge in [-0.05, 0) is 43.2 Å². The third-order valence-corrected chi connectivity index (χ3v) is 6.28. The summed E-state index contributed by atoms with van der Waals surface area (Å²) < 4.78 is 33.5. The van der Waals surface area contributed by atoms with E-state index in [0.29, 0.717) is 28.4 Å². The van der Waals surface area contributed by atoms with E-state index in [9.17, 15) is 8.42 Å². The van der Waals surface area contributed by atoms with Gasteiger partial charge in [0.1, 0.15) is 17.0 Å². The number of aryl methyl sites for hydroxylation is 1. The Balaban J connectivity index is 2.07. The van der Waals surface area contributed by atoms with E-state index in [1.807, 2.05) is 13.0 Å². The van der Waals surface area contributed by atoms with Gasteiger partial charge in [0.2, 0.25) is 0 Å². The maximum atomic E-state index is 13.3. The molecule has 0 saturated carbocycles. The first-order valence-electron chi connectivity index (χ1n) is 8.55. The Labute approximate surface area is 158 Å². The predicted octanol–water partition coefficient (Wildman–Crippen LogP) is 4.80. The van der Waals surface area contributed by atoms with Crippen molar-refractivity contribution in [3.8, 4) is 5.75 Å². The minimum Gasteiger partial charge on any atom is -0.492 e. The lowest BCUT2D eigenvalue weighted by molar-refractivity contribution is 0.298. The minimum atomic E-state index is -3.89. The first-order chi connectivity index (χ1) is 12.4. The van der Waals surface area contributed by atoms with E-state index in [1.54, 1.807) is 24.3 Å². The van der Waals surface area contributed by atoms with Gasteiger partial charge in [-0.25, -0.2) is 17.4 Å². The molecule has 0 bridgehead atoms. The average molecular weight is 393 g/mol. The summed E-state index contributed by atoms with van der Waals surface area (Å²) >= 11 is 6.21. The van der Waals surface area contributed by atoms with Crippen LogP contribution in [0.2, 0.25) is 5.02 Å². The molecule has 0 spiro atoms. The number of para-hydroxylation sites is 2. The molecule has 0 aliphatic heterocycles. The second kappa shape index (κ2) is 7.68. The lowest BCUT2D eigenvalue weighted by Gasteiger charge is -2.15. The number of nitrogens with zero attached hydrogens (tertiary/aromatic N) is 2. The molecule has 0 saturated heterocycles. The summed E-state index contributed by atoms with van der Waals surface area (Å²) in [5, 5.41) is 0.383. The van der Waals surface area contributed by atoms with Crippen LogP contribution >= 0.6 is 11.6 Å². The molecule has 2 aromatic carbocycles. The van der Waals surface area contributed by atoms with Crippen molar-refractivity contribution in [2.24, 2.45) is 0 Å². The topological polar surface area (TPSA) is 61.2 Å². The molecule has 5 nitrogen and oxygen atoms in total. The van der Waals surface area contributed by atoms with Crippen molar-refractivity contribution in [2.45, 2.75) is 38.0 Å². The fourth-order valence-corrected chi connectivity index (χ4v) is 4.38. The highest BCUT2D eigenvalue weighted by atomic mass is 35.5. The third kappa shape index (κ3) is 3.57. The SMILES string of the molecule is CCCCCOc1cc(C)c(Cl)cc1S(=O)(=O)n1cnc2ccccc21. The highest BCUT2D eigenvalue weighted by Crippen LogP contribution is 2.33. The van der Waals surface area contributed by atoms with E-state index in [-0.39, 0.29) is 4.90 Å². The van der Waals surface area contributed by atoms with Gasteiger partial charge in [-0.2, -0.15) is 0 Å². The van der Waals surface area contributed by atoms with Crippen LogP contribution in [0.25, 0.3) is 11.0 Å². The summed E-state index contributed by atoms with van der Waals surface area (Å²) in [5.74, 6) is 0.320. The summed E-state index contributed by atoms with van der Waals surface area (Å²) in [6.07, 6.45) is 4.27. The van der Waals surface area contributed by atoms with Crippen molar-refractivity contribution in [2.75, 3.05) is 6.61 Å². The lowest BCUT2D eigenvalue weighted by atomic mass is 10.2. The molecule has 0 fully saturated rings. The number of fused-ring (bicyclic) bond motifs is 1.